The second kappa shape index (κ2) is 16.2. The fourth-order valence-electron chi connectivity index (χ4n) is 8.34. The first kappa shape index (κ1) is 38.9. The lowest BCUT2D eigenvalue weighted by Gasteiger charge is -2.37. The van der Waals surface area contributed by atoms with Crippen LogP contribution in [0.5, 0.6) is 0 Å². The summed E-state index contributed by atoms with van der Waals surface area (Å²) in [6.07, 6.45) is 4.45. The molecule has 8 atom stereocenters. The fraction of sp³-hybridized carbons (Fsp3) is 0.667. The third-order valence-corrected chi connectivity index (χ3v) is 11.6. The lowest BCUT2D eigenvalue weighted by molar-refractivity contribution is -0.145. The second-order valence-electron chi connectivity index (χ2n) is 16.3. The molecule has 1 aromatic rings. The first-order valence-corrected chi connectivity index (χ1v) is 18.8. The molecule has 3 saturated carbocycles. The van der Waals surface area contributed by atoms with Crippen LogP contribution in [0.4, 0.5) is 4.79 Å². The van der Waals surface area contributed by atoms with Gasteiger partial charge in [0.05, 0.1) is 13.2 Å². The molecule has 0 spiro atoms. The largest absolute Gasteiger partial charge is 0.449 e. The third-order valence-electron chi connectivity index (χ3n) is 11.6. The maximum Gasteiger partial charge on any atom is 0.407 e. The van der Waals surface area contributed by atoms with E-state index in [4.69, 9.17) is 4.74 Å². The Morgan fingerprint density at radius 1 is 0.923 bits per heavy atom. The van der Waals surface area contributed by atoms with Crippen LogP contribution in [0.3, 0.4) is 0 Å². The van der Waals surface area contributed by atoms with Gasteiger partial charge in [-0.2, -0.15) is 0 Å². The van der Waals surface area contributed by atoms with Gasteiger partial charge in [-0.1, -0.05) is 84.2 Å². The Hall–Kier alpha value is -4.29. The zero-order valence-electron chi connectivity index (χ0n) is 31.2. The summed E-state index contributed by atoms with van der Waals surface area (Å²) in [4.78, 5) is 94.8. The van der Waals surface area contributed by atoms with Crippen molar-refractivity contribution in [2.75, 3.05) is 19.7 Å². The van der Waals surface area contributed by atoms with Crippen molar-refractivity contribution >= 4 is 41.3 Å². The molecule has 1 saturated heterocycles. The summed E-state index contributed by atoms with van der Waals surface area (Å²) in [5, 5.41) is 10.7. The molecule has 0 bridgehead atoms. The highest BCUT2D eigenvalue weighted by atomic mass is 16.5. The van der Waals surface area contributed by atoms with Crippen molar-refractivity contribution < 1.29 is 38.3 Å². The topological polar surface area (TPSA) is 180 Å². The highest BCUT2D eigenvalue weighted by Gasteiger charge is 2.70. The lowest BCUT2D eigenvalue weighted by Crippen LogP contribution is -2.60. The Bertz CT molecular complexity index is 1540. The minimum atomic E-state index is -1.14. The third kappa shape index (κ3) is 8.83. The van der Waals surface area contributed by atoms with E-state index in [1.54, 1.807) is 35.2 Å². The van der Waals surface area contributed by atoms with Crippen molar-refractivity contribution in [2.24, 2.45) is 40.9 Å². The molecule has 4 N–H and O–H groups in total. The number of fused-ring (bicyclic) bond motifs is 1. The minimum Gasteiger partial charge on any atom is -0.449 e. The van der Waals surface area contributed by atoms with Crippen LogP contribution in [-0.4, -0.2) is 84.0 Å². The van der Waals surface area contributed by atoms with E-state index in [1.807, 2.05) is 20.8 Å². The molecule has 1 aromatic carbocycles. The van der Waals surface area contributed by atoms with Crippen LogP contribution >= 0.6 is 0 Å². The average molecular weight is 722 g/mol. The zero-order chi connectivity index (χ0) is 37.9. The number of ether oxygens (including phenoxy) is 1. The zero-order valence-corrected chi connectivity index (χ0v) is 31.2. The van der Waals surface area contributed by atoms with Gasteiger partial charge in [0.1, 0.15) is 24.2 Å². The van der Waals surface area contributed by atoms with Crippen LogP contribution in [-0.2, 0) is 33.5 Å². The van der Waals surface area contributed by atoms with E-state index in [0.717, 1.165) is 32.1 Å². The molecule has 3 aliphatic carbocycles. The molecular formula is C39H55N5O8. The molecule has 4 fully saturated rings. The first-order valence-electron chi connectivity index (χ1n) is 18.8. The van der Waals surface area contributed by atoms with Gasteiger partial charge in [0.2, 0.25) is 23.5 Å². The maximum atomic E-state index is 14.4. The number of nitrogens with zero attached hydrogens (tertiary/aromatic N) is 1. The quantitative estimate of drug-likeness (QED) is 0.200. The number of piperidine rings is 1. The number of hydrogen-bond acceptors (Lipinski definition) is 8. The van der Waals surface area contributed by atoms with Crippen molar-refractivity contribution in [2.45, 2.75) is 104 Å². The number of likely N-dealkylation sites (tertiary alicyclic amines) is 1. The molecule has 5 rings (SSSR count). The van der Waals surface area contributed by atoms with Gasteiger partial charge in [-0.25, -0.2) is 4.79 Å². The predicted octanol–water partition coefficient (Wildman–Crippen LogP) is 3.07. The van der Waals surface area contributed by atoms with Crippen LogP contribution in [0.2, 0.25) is 0 Å². The van der Waals surface area contributed by atoms with Gasteiger partial charge in [0.25, 0.3) is 5.91 Å². The van der Waals surface area contributed by atoms with Crippen LogP contribution in [0, 0.1) is 40.9 Å². The average Bonchev–Trinajstić information content (AvgIpc) is 3.89. The highest BCUT2D eigenvalue weighted by Crippen LogP contribution is 2.65. The molecular weight excluding hydrogens is 666 g/mol. The van der Waals surface area contributed by atoms with Crippen molar-refractivity contribution in [3.63, 3.8) is 0 Å². The monoisotopic (exact) mass is 721 g/mol. The fourth-order valence-corrected chi connectivity index (χ4v) is 8.34. The van der Waals surface area contributed by atoms with Crippen molar-refractivity contribution in [3.05, 3.63) is 35.9 Å². The highest BCUT2D eigenvalue weighted by molar-refractivity contribution is 6.38. The first-order chi connectivity index (χ1) is 24.6. The van der Waals surface area contributed by atoms with Crippen LogP contribution in [0.15, 0.2) is 30.3 Å². The summed E-state index contributed by atoms with van der Waals surface area (Å²) < 4.78 is 5.39. The van der Waals surface area contributed by atoms with E-state index in [1.165, 1.54) is 6.92 Å². The number of amides is 5. The Morgan fingerprint density at radius 3 is 2.17 bits per heavy atom. The van der Waals surface area contributed by atoms with E-state index in [9.17, 15) is 33.6 Å². The minimum absolute atomic E-state index is 0.0672. The number of Topliss-reactive ketones (excluding diaryl/α,β-unsaturated/α-hetero) is 2. The number of rotatable bonds is 15. The number of ketones is 2. The van der Waals surface area contributed by atoms with Gasteiger partial charge < -0.3 is 30.9 Å². The Labute approximate surface area is 306 Å². The summed E-state index contributed by atoms with van der Waals surface area (Å²) in [5.41, 5.74) is 0.376. The van der Waals surface area contributed by atoms with Crippen LogP contribution in [0.25, 0.3) is 0 Å². The van der Waals surface area contributed by atoms with Crippen molar-refractivity contribution in [1.82, 2.24) is 26.2 Å². The number of nitrogens with one attached hydrogen (secondary N) is 4. The predicted molar refractivity (Wildman–Crippen MR) is 191 cm³/mol. The molecule has 1 heterocycles. The van der Waals surface area contributed by atoms with Gasteiger partial charge in [-0.3, -0.25) is 28.8 Å². The van der Waals surface area contributed by atoms with Gasteiger partial charge in [0, 0.05) is 6.54 Å². The molecule has 52 heavy (non-hydrogen) atoms. The van der Waals surface area contributed by atoms with E-state index < -0.39 is 60.3 Å². The summed E-state index contributed by atoms with van der Waals surface area (Å²) in [5.74, 6) is -3.94. The number of carbonyl (C=O) groups is 7. The van der Waals surface area contributed by atoms with Gasteiger partial charge in [0.15, 0.2) is 5.78 Å². The Morgan fingerprint density at radius 2 is 1.58 bits per heavy atom. The van der Waals surface area contributed by atoms with Gasteiger partial charge >= 0.3 is 6.09 Å². The molecule has 4 aliphatic rings. The van der Waals surface area contributed by atoms with E-state index >= 15 is 0 Å². The SMILES string of the molecule is CC(=O)[C@@H](NC(=O)CNC(=O)C(=O)C(NC(=O)[C@@H]1[C@@H]2[C@H](CN1C(=O)[C@@H](NC(=O)OCC(C)C)C1CCCCC1)C2(C)C)C1CC1C)c1ccccc1. The number of alkyl carbamates (subject to hydrolysis) is 1. The number of benzene rings is 1. The maximum absolute atomic E-state index is 14.4. The van der Waals surface area contributed by atoms with E-state index in [0.29, 0.717) is 18.5 Å². The summed E-state index contributed by atoms with van der Waals surface area (Å²) in [7, 11) is 0. The Balaban J connectivity index is 1.27. The van der Waals surface area contributed by atoms with E-state index in [2.05, 4.69) is 35.1 Å². The molecule has 284 valence electrons. The standard InChI is InChI=1S/C39H55N5O8/c1-21(2)20-52-38(51)43-31(25-15-11-8-12-16-25)37(50)44-19-27-29(39(27,5)6)33(44)35(48)42-32(26-17-22(26)3)34(47)36(49)40-18-28(46)41-30(23(4)45)24-13-9-7-10-14-24/h7,9-10,13-14,21-22,25-27,29-33H,8,11-12,15-20H2,1-6H3,(H,40,49)(H,41,46)(H,42,48)(H,43,51)/t22?,26?,27-,29-,30+,31-,32?,33-/m0/s1. The van der Waals surface area contributed by atoms with Crippen LogP contribution in [0.1, 0.15) is 91.7 Å². The van der Waals surface area contributed by atoms with Crippen LogP contribution < -0.4 is 21.3 Å². The molecule has 1 aliphatic heterocycles. The Kier molecular flexibility index (Phi) is 12.1. The van der Waals surface area contributed by atoms with Crippen molar-refractivity contribution in [3.8, 4) is 0 Å². The molecule has 3 unspecified atom stereocenters. The molecule has 13 heteroatoms. The molecule has 13 nitrogen and oxygen atoms in total. The summed E-state index contributed by atoms with van der Waals surface area (Å²) in [6, 6.07) is 4.90. The van der Waals surface area contributed by atoms with Gasteiger partial charge in [-0.15, -0.1) is 0 Å². The summed E-state index contributed by atoms with van der Waals surface area (Å²) in [6.45, 7) is 11.3. The van der Waals surface area contributed by atoms with Gasteiger partial charge in [-0.05, 0) is 72.7 Å². The number of hydrogen-bond donors (Lipinski definition) is 4. The molecule has 0 radical (unpaired) electrons. The second-order valence-corrected chi connectivity index (χ2v) is 16.3. The number of carbonyl (C=O) groups excluding carboxylic acids is 7. The normalized spacial score (nSPS) is 26.2. The smallest absolute Gasteiger partial charge is 0.407 e. The molecule has 5 amide bonds. The van der Waals surface area contributed by atoms with E-state index in [-0.39, 0.29) is 59.2 Å². The van der Waals surface area contributed by atoms with Crippen molar-refractivity contribution in [1.29, 1.82) is 0 Å². The summed E-state index contributed by atoms with van der Waals surface area (Å²) >= 11 is 0. The lowest BCUT2D eigenvalue weighted by atomic mass is 9.83. The molecule has 0 aromatic heterocycles.